The number of rotatable bonds is 2. The number of hydrogen-bond acceptors (Lipinski definition) is 3. The topological polar surface area (TPSA) is 44.0 Å². The van der Waals surface area contributed by atoms with Gasteiger partial charge in [0.2, 0.25) is 0 Å². The Morgan fingerprint density at radius 3 is 2.95 bits per heavy atom. The maximum atomic E-state index is 4.38. The normalized spacial score (nSPS) is 25.3. The zero-order valence-electron chi connectivity index (χ0n) is 11.5. The quantitative estimate of drug-likeness (QED) is 0.868. The van der Waals surface area contributed by atoms with Crippen LogP contribution in [0, 0.1) is 5.41 Å². The molecule has 0 aromatic carbocycles. The van der Waals surface area contributed by atoms with Crippen molar-refractivity contribution in [1.82, 2.24) is 14.9 Å². The number of pyridine rings is 1. The summed E-state index contributed by atoms with van der Waals surface area (Å²) in [6.45, 7) is 1.26. The lowest BCUT2D eigenvalue weighted by molar-refractivity contribution is 0.308. The van der Waals surface area contributed by atoms with E-state index in [1.807, 2.05) is 13.2 Å². The van der Waals surface area contributed by atoms with Gasteiger partial charge in [0.05, 0.1) is 11.6 Å². The molecule has 1 aliphatic heterocycles. The number of aromatic amines is 1. The van der Waals surface area contributed by atoms with Crippen LogP contribution in [0.25, 0.3) is 10.9 Å². The van der Waals surface area contributed by atoms with Crippen molar-refractivity contribution in [2.24, 2.45) is 5.41 Å². The average molecular weight is 256 g/mol. The van der Waals surface area contributed by atoms with Crippen LogP contribution in [0.1, 0.15) is 31.0 Å². The molecule has 3 heterocycles. The summed E-state index contributed by atoms with van der Waals surface area (Å²) >= 11 is 0. The van der Waals surface area contributed by atoms with E-state index < -0.39 is 0 Å². The predicted octanol–water partition coefficient (Wildman–Crippen LogP) is 2.76. The van der Waals surface area contributed by atoms with Gasteiger partial charge in [-0.1, -0.05) is 0 Å². The van der Waals surface area contributed by atoms with E-state index >= 15 is 0 Å². The van der Waals surface area contributed by atoms with Crippen molar-refractivity contribution < 1.29 is 0 Å². The molecule has 1 spiro atoms. The summed E-state index contributed by atoms with van der Waals surface area (Å²) in [5.74, 6) is 0.916. The number of hydrogen-bond donors (Lipinski definition) is 2. The molecule has 4 heteroatoms. The molecule has 1 atom stereocenters. The van der Waals surface area contributed by atoms with Crippen LogP contribution < -0.4 is 5.32 Å². The van der Waals surface area contributed by atoms with Crippen molar-refractivity contribution >= 4 is 16.7 Å². The van der Waals surface area contributed by atoms with Gasteiger partial charge in [0.1, 0.15) is 5.82 Å². The highest BCUT2D eigenvalue weighted by Crippen LogP contribution is 2.57. The Hall–Kier alpha value is -1.55. The highest BCUT2D eigenvalue weighted by atomic mass is 15.2. The molecule has 2 fully saturated rings. The zero-order valence-corrected chi connectivity index (χ0v) is 11.5. The van der Waals surface area contributed by atoms with Gasteiger partial charge in [0.25, 0.3) is 0 Å². The maximum Gasteiger partial charge on any atom is 0.127 e. The van der Waals surface area contributed by atoms with Crippen LogP contribution in [0.4, 0.5) is 5.82 Å². The Balaban J connectivity index is 1.71. The Morgan fingerprint density at radius 1 is 1.42 bits per heavy atom. The number of anilines is 1. The lowest BCUT2D eigenvalue weighted by Crippen LogP contribution is -2.18. The number of aromatic nitrogens is 2. The van der Waals surface area contributed by atoms with Crippen molar-refractivity contribution in [2.45, 2.75) is 25.3 Å². The third-order valence-electron chi connectivity index (χ3n) is 4.84. The molecule has 0 radical (unpaired) electrons. The van der Waals surface area contributed by atoms with E-state index in [1.165, 1.54) is 42.4 Å². The molecule has 2 aromatic rings. The van der Waals surface area contributed by atoms with Crippen LogP contribution in [0.2, 0.25) is 0 Å². The maximum absolute atomic E-state index is 4.38. The van der Waals surface area contributed by atoms with Gasteiger partial charge in [-0.3, -0.25) is 4.90 Å². The van der Waals surface area contributed by atoms with Gasteiger partial charge in [-0.05, 0) is 37.8 Å². The summed E-state index contributed by atoms with van der Waals surface area (Å²) in [4.78, 5) is 10.5. The number of likely N-dealkylation sites (tertiary alicyclic amines) is 1. The summed E-state index contributed by atoms with van der Waals surface area (Å²) in [5.41, 5.74) is 3.17. The highest BCUT2D eigenvalue weighted by Gasteiger charge is 2.51. The van der Waals surface area contributed by atoms with Crippen molar-refractivity contribution in [3.63, 3.8) is 0 Å². The fourth-order valence-corrected chi connectivity index (χ4v) is 3.52. The molecule has 2 N–H and O–H groups in total. The second-order valence-corrected chi connectivity index (χ2v) is 6.27. The molecule has 100 valence electrons. The zero-order chi connectivity index (χ0) is 13.0. The first kappa shape index (κ1) is 11.3. The van der Waals surface area contributed by atoms with Crippen molar-refractivity contribution in [3.8, 4) is 0 Å². The first-order valence-electron chi connectivity index (χ1n) is 7.06. The van der Waals surface area contributed by atoms with Crippen LogP contribution in [0.3, 0.4) is 0 Å². The van der Waals surface area contributed by atoms with E-state index in [1.54, 1.807) is 0 Å². The molecule has 1 saturated carbocycles. The average Bonchev–Trinajstić information content (AvgIpc) is 2.90. The second kappa shape index (κ2) is 3.73. The van der Waals surface area contributed by atoms with E-state index in [-0.39, 0.29) is 0 Å². The van der Waals surface area contributed by atoms with Crippen LogP contribution in [0.15, 0.2) is 18.3 Å². The van der Waals surface area contributed by atoms with E-state index in [0.29, 0.717) is 11.5 Å². The SMILES string of the molecule is CNc1cc2[nH]c(C3CC4(CC4)CN3C)cc2cn1. The monoisotopic (exact) mass is 256 g/mol. The molecule has 4 rings (SSSR count). The molecule has 0 bridgehead atoms. The van der Waals surface area contributed by atoms with Crippen LogP contribution in [-0.4, -0.2) is 35.5 Å². The lowest BCUT2D eigenvalue weighted by atomic mass is 10.0. The first-order valence-corrected chi connectivity index (χ1v) is 7.06. The summed E-state index contributed by atoms with van der Waals surface area (Å²) in [6, 6.07) is 4.90. The van der Waals surface area contributed by atoms with Gasteiger partial charge in [0, 0.05) is 36.9 Å². The van der Waals surface area contributed by atoms with Gasteiger partial charge in [-0.15, -0.1) is 0 Å². The van der Waals surface area contributed by atoms with Crippen molar-refractivity contribution in [3.05, 3.63) is 24.0 Å². The van der Waals surface area contributed by atoms with Crippen LogP contribution in [-0.2, 0) is 0 Å². The molecule has 2 aliphatic rings. The first-order chi connectivity index (χ1) is 9.19. The second-order valence-electron chi connectivity index (χ2n) is 6.27. The molecule has 1 unspecified atom stereocenters. The Labute approximate surface area is 113 Å². The minimum atomic E-state index is 0.549. The van der Waals surface area contributed by atoms with Crippen molar-refractivity contribution in [1.29, 1.82) is 0 Å². The predicted molar refractivity (Wildman–Crippen MR) is 77.3 cm³/mol. The summed E-state index contributed by atoms with van der Waals surface area (Å²) in [7, 11) is 4.15. The molecule has 1 saturated heterocycles. The molecule has 0 amide bonds. The molecular formula is C15H20N4. The van der Waals surface area contributed by atoms with Gasteiger partial charge in [-0.25, -0.2) is 4.98 Å². The summed E-state index contributed by atoms with van der Waals surface area (Å²) < 4.78 is 0. The molecular weight excluding hydrogens is 236 g/mol. The molecule has 4 nitrogen and oxygen atoms in total. The largest absolute Gasteiger partial charge is 0.373 e. The fraction of sp³-hybridized carbons (Fsp3) is 0.533. The third-order valence-corrected chi connectivity index (χ3v) is 4.84. The van der Waals surface area contributed by atoms with Gasteiger partial charge < -0.3 is 10.3 Å². The van der Waals surface area contributed by atoms with Gasteiger partial charge >= 0.3 is 0 Å². The summed E-state index contributed by atoms with van der Waals surface area (Å²) in [5, 5.41) is 4.30. The van der Waals surface area contributed by atoms with E-state index in [2.05, 4.69) is 39.4 Å². The Bertz CT molecular complexity index is 626. The van der Waals surface area contributed by atoms with E-state index in [9.17, 15) is 0 Å². The number of nitrogens with one attached hydrogen (secondary N) is 2. The van der Waals surface area contributed by atoms with Gasteiger partial charge in [0.15, 0.2) is 0 Å². The number of nitrogens with zero attached hydrogens (tertiary/aromatic N) is 2. The highest BCUT2D eigenvalue weighted by molar-refractivity contribution is 5.82. The van der Waals surface area contributed by atoms with Crippen LogP contribution >= 0.6 is 0 Å². The van der Waals surface area contributed by atoms with Crippen molar-refractivity contribution in [2.75, 3.05) is 26.0 Å². The Kier molecular flexibility index (Phi) is 2.22. The van der Waals surface area contributed by atoms with Crippen LogP contribution in [0.5, 0.6) is 0 Å². The minimum Gasteiger partial charge on any atom is -0.373 e. The minimum absolute atomic E-state index is 0.549. The standard InChI is InChI=1S/C15H20N4/c1-16-14-6-11-10(8-17-14)5-12(18-11)13-7-15(3-4-15)9-19(13)2/h5-6,8,13,18H,3-4,7,9H2,1-2H3,(H,16,17). The molecule has 1 aliphatic carbocycles. The van der Waals surface area contributed by atoms with Gasteiger partial charge in [-0.2, -0.15) is 0 Å². The smallest absolute Gasteiger partial charge is 0.127 e. The number of fused-ring (bicyclic) bond motifs is 1. The van der Waals surface area contributed by atoms with E-state index in [0.717, 1.165) is 5.82 Å². The summed E-state index contributed by atoms with van der Waals surface area (Å²) in [6.07, 6.45) is 6.09. The third kappa shape index (κ3) is 1.74. The lowest BCUT2D eigenvalue weighted by Gasteiger charge is -2.17. The Morgan fingerprint density at radius 2 is 2.26 bits per heavy atom. The van der Waals surface area contributed by atoms with E-state index in [4.69, 9.17) is 0 Å². The number of H-pyrrole nitrogens is 1. The molecule has 19 heavy (non-hydrogen) atoms. The molecule has 2 aromatic heterocycles. The fourth-order valence-electron chi connectivity index (χ4n) is 3.52.